The molecule has 0 atom stereocenters. The molecule has 0 bridgehead atoms. The Kier molecular flexibility index (Phi) is 3.05. The maximum Gasteiger partial charge on any atom is 0.222 e. The van der Waals surface area contributed by atoms with Gasteiger partial charge in [-0.2, -0.15) is 4.98 Å². The van der Waals surface area contributed by atoms with E-state index in [9.17, 15) is 0 Å². The highest BCUT2D eigenvalue weighted by atomic mass is 16.5. The van der Waals surface area contributed by atoms with Crippen LogP contribution in [0.15, 0.2) is 12.7 Å². The van der Waals surface area contributed by atoms with Crippen molar-refractivity contribution < 1.29 is 4.74 Å². The van der Waals surface area contributed by atoms with E-state index in [1.807, 2.05) is 6.92 Å². The molecule has 1 aliphatic rings. The maximum atomic E-state index is 5.48. The Bertz CT molecular complexity index is 401. The van der Waals surface area contributed by atoms with Crippen molar-refractivity contribution >= 4 is 5.82 Å². The highest BCUT2D eigenvalue weighted by Gasteiger charge is 2.28. The zero-order valence-corrected chi connectivity index (χ0v) is 9.36. The molecule has 2 rings (SSSR count). The minimum absolute atomic E-state index is 0.436. The van der Waals surface area contributed by atoms with Gasteiger partial charge in [0.25, 0.3) is 0 Å². The number of aromatic nitrogens is 2. The average molecular weight is 220 g/mol. The van der Waals surface area contributed by atoms with Crippen molar-refractivity contribution in [3.05, 3.63) is 24.0 Å². The number of nitrogens with two attached hydrogens (primary N) is 1. The van der Waals surface area contributed by atoms with Crippen molar-refractivity contribution in [1.82, 2.24) is 9.97 Å². The molecule has 16 heavy (non-hydrogen) atoms. The first-order valence-electron chi connectivity index (χ1n) is 5.35. The molecule has 0 aromatic carbocycles. The Labute approximate surface area is 94.7 Å². The number of hydrogen-bond acceptors (Lipinski definition) is 5. The van der Waals surface area contributed by atoms with Crippen LogP contribution in [0.25, 0.3) is 0 Å². The second kappa shape index (κ2) is 4.49. The molecule has 1 aromatic heterocycles. The first kappa shape index (κ1) is 10.9. The van der Waals surface area contributed by atoms with Gasteiger partial charge in [0.05, 0.1) is 5.56 Å². The van der Waals surface area contributed by atoms with Gasteiger partial charge < -0.3 is 10.2 Å². The fourth-order valence-corrected chi connectivity index (χ4v) is 1.46. The molecule has 5 heteroatoms. The molecule has 86 valence electrons. The van der Waals surface area contributed by atoms with Crippen LogP contribution in [0.4, 0.5) is 5.82 Å². The van der Waals surface area contributed by atoms with Gasteiger partial charge in [-0.15, -0.1) is 0 Å². The van der Waals surface area contributed by atoms with Gasteiger partial charge in [-0.3, -0.25) is 0 Å². The molecule has 0 spiro atoms. The summed E-state index contributed by atoms with van der Waals surface area (Å²) in [7, 11) is 0. The molecule has 1 aliphatic carbocycles. The first-order valence-corrected chi connectivity index (χ1v) is 5.35. The van der Waals surface area contributed by atoms with Crippen molar-refractivity contribution in [3.8, 4) is 5.88 Å². The molecular formula is C11H16N4O. The summed E-state index contributed by atoms with van der Waals surface area (Å²) in [4.78, 5) is 8.77. The number of hydrogen-bond donors (Lipinski definition) is 2. The molecule has 0 amide bonds. The second-order valence-corrected chi connectivity index (χ2v) is 3.88. The van der Waals surface area contributed by atoms with Gasteiger partial charge in [0.15, 0.2) is 0 Å². The monoisotopic (exact) mass is 220 g/mol. The molecule has 0 aliphatic heterocycles. The van der Waals surface area contributed by atoms with Gasteiger partial charge in [0, 0.05) is 5.92 Å². The molecule has 1 heterocycles. The summed E-state index contributed by atoms with van der Waals surface area (Å²) in [6.45, 7) is 5.92. The summed E-state index contributed by atoms with van der Waals surface area (Å²) in [6.07, 6.45) is 3.98. The number of nitrogens with zero attached hydrogens (tertiary/aromatic N) is 2. The van der Waals surface area contributed by atoms with Crippen LogP contribution in [-0.4, -0.2) is 16.6 Å². The quantitative estimate of drug-likeness (QED) is 0.447. The van der Waals surface area contributed by atoms with Gasteiger partial charge in [-0.25, -0.2) is 10.8 Å². The Morgan fingerprint density at radius 1 is 1.56 bits per heavy atom. The molecule has 0 radical (unpaired) electrons. The summed E-state index contributed by atoms with van der Waals surface area (Å²) in [5.41, 5.74) is 3.41. The molecular weight excluding hydrogens is 204 g/mol. The molecule has 1 aromatic rings. The third-order valence-electron chi connectivity index (χ3n) is 2.54. The minimum Gasteiger partial charge on any atom is -0.473 e. The van der Waals surface area contributed by atoms with Crippen LogP contribution >= 0.6 is 0 Å². The van der Waals surface area contributed by atoms with Crippen LogP contribution in [0, 0.1) is 6.92 Å². The van der Waals surface area contributed by atoms with Gasteiger partial charge in [-0.05, 0) is 19.8 Å². The summed E-state index contributed by atoms with van der Waals surface area (Å²) in [6, 6.07) is 0. The van der Waals surface area contributed by atoms with Gasteiger partial charge in [0.2, 0.25) is 5.88 Å². The number of nitrogens with one attached hydrogen (secondary N) is 1. The predicted molar refractivity (Wildman–Crippen MR) is 62.2 cm³/mol. The Hall–Kier alpha value is -1.62. The van der Waals surface area contributed by atoms with Crippen LogP contribution in [0.3, 0.4) is 0 Å². The first-order chi connectivity index (χ1) is 7.76. The maximum absolute atomic E-state index is 5.48. The summed E-state index contributed by atoms with van der Waals surface area (Å²) in [5, 5.41) is 0. The molecule has 3 N–H and O–H groups in total. The number of ether oxygens (including phenoxy) is 1. The number of nitrogen functional groups attached to an aromatic ring is 1. The van der Waals surface area contributed by atoms with E-state index in [0.717, 1.165) is 24.2 Å². The number of anilines is 1. The SMILES string of the molecule is C=CCOc1nc(C2CC2)nc(NN)c1C. The fourth-order valence-electron chi connectivity index (χ4n) is 1.46. The largest absolute Gasteiger partial charge is 0.473 e. The van der Waals surface area contributed by atoms with Gasteiger partial charge in [-0.1, -0.05) is 12.7 Å². The standard InChI is InChI=1S/C11H16N4O/c1-3-6-16-11-7(2)9(15-12)13-10(14-11)8-4-5-8/h3,8H,1,4-6,12H2,2H3,(H,13,14,15). The Balaban J connectivity index is 2.32. The van der Waals surface area contributed by atoms with Crippen molar-refractivity contribution in [2.75, 3.05) is 12.0 Å². The summed E-state index contributed by atoms with van der Waals surface area (Å²) < 4.78 is 5.48. The van der Waals surface area contributed by atoms with Crippen LogP contribution in [-0.2, 0) is 0 Å². The fraction of sp³-hybridized carbons (Fsp3) is 0.455. The Morgan fingerprint density at radius 2 is 2.31 bits per heavy atom. The Morgan fingerprint density at radius 3 is 2.88 bits per heavy atom. The molecule has 1 fully saturated rings. The van der Waals surface area contributed by atoms with Crippen molar-refractivity contribution in [2.24, 2.45) is 5.84 Å². The smallest absolute Gasteiger partial charge is 0.222 e. The van der Waals surface area contributed by atoms with Crippen LogP contribution < -0.4 is 16.0 Å². The highest BCUT2D eigenvalue weighted by Crippen LogP contribution is 2.39. The topological polar surface area (TPSA) is 73.1 Å². The third-order valence-corrected chi connectivity index (χ3v) is 2.54. The lowest BCUT2D eigenvalue weighted by molar-refractivity contribution is 0.344. The average Bonchev–Trinajstić information content (AvgIpc) is 3.11. The predicted octanol–water partition coefficient (Wildman–Crippen LogP) is 1.51. The second-order valence-electron chi connectivity index (χ2n) is 3.88. The van der Waals surface area contributed by atoms with Crippen molar-refractivity contribution in [3.63, 3.8) is 0 Å². The van der Waals surface area contributed by atoms with E-state index in [1.165, 1.54) is 0 Å². The normalized spacial score (nSPS) is 14.6. The van der Waals surface area contributed by atoms with Gasteiger partial charge in [0.1, 0.15) is 18.2 Å². The van der Waals surface area contributed by atoms with E-state index in [0.29, 0.717) is 24.2 Å². The van der Waals surface area contributed by atoms with Crippen LogP contribution in [0.5, 0.6) is 5.88 Å². The molecule has 0 unspecified atom stereocenters. The van der Waals surface area contributed by atoms with E-state index >= 15 is 0 Å². The lowest BCUT2D eigenvalue weighted by Crippen LogP contribution is -2.13. The minimum atomic E-state index is 0.436. The van der Waals surface area contributed by atoms with E-state index in [-0.39, 0.29) is 0 Å². The lowest BCUT2D eigenvalue weighted by atomic mass is 10.3. The van der Waals surface area contributed by atoms with Gasteiger partial charge >= 0.3 is 0 Å². The zero-order chi connectivity index (χ0) is 11.5. The third kappa shape index (κ3) is 2.14. The molecule has 0 saturated heterocycles. The van der Waals surface area contributed by atoms with E-state index < -0.39 is 0 Å². The highest BCUT2D eigenvalue weighted by molar-refractivity contribution is 5.48. The zero-order valence-electron chi connectivity index (χ0n) is 9.36. The van der Waals surface area contributed by atoms with E-state index in [1.54, 1.807) is 6.08 Å². The van der Waals surface area contributed by atoms with Crippen LogP contribution in [0.2, 0.25) is 0 Å². The molecule has 1 saturated carbocycles. The number of hydrazine groups is 1. The number of rotatable bonds is 5. The summed E-state index contributed by atoms with van der Waals surface area (Å²) >= 11 is 0. The van der Waals surface area contributed by atoms with Crippen LogP contribution in [0.1, 0.15) is 30.1 Å². The van der Waals surface area contributed by atoms with Crippen molar-refractivity contribution in [1.29, 1.82) is 0 Å². The van der Waals surface area contributed by atoms with Crippen molar-refractivity contribution in [2.45, 2.75) is 25.7 Å². The summed E-state index contributed by atoms with van der Waals surface area (Å²) in [5.74, 6) is 7.93. The lowest BCUT2D eigenvalue weighted by Gasteiger charge is -2.11. The van der Waals surface area contributed by atoms with E-state index in [2.05, 4.69) is 22.0 Å². The van der Waals surface area contributed by atoms with E-state index in [4.69, 9.17) is 10.6 Å². The molecule has 5 nitrogen and oxygen atoms in total.